The molecular weight excluding hydrogens is 378 g/mol. The minimum absolute atomic E-state index is 0.0723. The fourth-order valence-electron chi connectivity index (χ4n) is 3.12. The first-order valence-electron chi connectivity index (χ1n) is 9.06. The van der Waals surface area contributed by atoms with Gasteiger partial charge in [0, 0.05) is 50.0 Å². The lowest BCUT2D eigenvalue weighted by molar-refractivity contribution is -0.135. The Labute approximate surface area is 170 Å². The lowest BCUT2D eigenvalue weighted by atomic mass is 10.2. The van der Waals surface area contributed by atoms with Crippen LogP contribution in [0.1, 0.15) is 11.1 Å². The number of nitrogens with one attached hydrogen (secondary N) is 1. The molecule has 0 atom stereocenters. The zero-order valence-electron chi connectivity index (χ0n) is 16.1. The van der Waals surface area contributed by atoms with Crippen molar-refractivity contribution in [3.8, 4) is 5.88 Å². The molecule has 1 saturated heterocycles. The average molecular weight is 402 g/mol. The van der Waals surface area contributed by atoms with Crippen molar-refractivity contribution in [3.05, 3.63) is 58.7 Å². The lowest BCUT2D eigenvalue weighted by Crippen LogP contribution is -2.54. The molecule has 1 aliphatic rings. The fraction of sp³-hybridized carbons (Fsp3) is 0.350. The number of amides is 1. The van der Waals surface area contributed by atoms with Gasteiger partial charge in [-0.05, 0) is 23.8 Å². The summed E-state index contributed by atoms with van der Waals surface area (Å²) in [7, 11) is 3.31. The van der Waals surface area contributed by atoms with Gasteiger partial charge < -0.3 is 19.9 Å². The Morgan fingerprint density at radius 2 is 2.07 bits per heavy atom. The number of methoxy groups -OCH3 is 1. The van der Waals surface area contributed by atoms with Crippen LogP contribution in [-0.4, -0.2) is 60.4 Å². The summed E-state index contributed by atoms with van der Waals surface area (Å²) in [5.41, 5.74) is 2.00. The minimum atomic E-state index is 0.0723. The van der Waals surface area contributed by atoms with Crippen LogP contribution in [0.25, 0.3) is 0 Å². The number of nitrogens with zero attached hydrogens (tertiary/aromatic N) is 4. The summed E-state index contributed by atoms with van der Waals surface area (Å²) in [4.78, 5) is 25.0. The third kappa shape index (κ3) is 4.92. The first kappa shape index (κ1) is 19.9. The van der Waals surface area contributed by atoms with E-state index < -0.39 is 0 Å². The van der Waals surface area contributed by atoms with Crippen LogP contribution in [0.5, 0.6) is 5.88 Å². The third-order valence-electron chi connectivity index (χ3n) is 4.60. The maximum atomic E-state index is 12.6. The van der Waals surface area contributed by atoms with E-state index >= 15 is 0 Å². The number of pyridine rings is 1. The third-order valence-corrected chi connectivity index (χ3v) is 4.85. The van der Waals surface area contributed by atoms with Crippen LogP contribution in [0.15, 0.2) is 47.6 Å². The predicted octanol–water partition coefficient (Wildman–Crippen LogP) is 2.16. The number of halogens is 1. The standard InChI is InChI=1S/C20H24ClN5O2/c1-22-20(24-12-16-4-3-9-23-19(16)28-2)26-11-10-25(18(27)14-26)13-15-5-7-17(21)8-6-15/h3-9H,10-14H2,1-2H3,(H,22,24). The van der Waals surface area contributed by atoms with E-state index in [1.807, 2.05) is 46.2 Å². The summed E-state index contributed by atoms with van der Waals surface area (Å²) in [6, 6.07) is 11.4. The van der Waals surface area contributed by atoms with Gasteiger partial charge in [-0.25, -0.2) is 4.98 Å². The normalized spacial score (nSPS) is 15.0. The molecule has 1 fully saturated rings. The number of benzene rings is 1. The van der Waals surface area contributed by atoms with Gasteiger partial charge in [-0.3, -0.25) is 9.79 Å². The molecule has 1 N–H and O–H groups in total. The van der Waals surface area contributed by atoms with Crippen molar-refractivity contribution in [1.82, 2.24) is 20.1 Å². The molecule has 2 heterocycles. The molecule has 8 heteroatoms. The Morgan fingerprint density at radius 3 is 2.75 bits per heavy atom. The Bertz CT molecular complexity index is 841. The number of hydrogen-bond acceptors (Lipinski definition) is 4. The molecule has 148 valence electrons. The Kier molecular flexibility index (Phi) is 6.71. The first-order valence-corrected chi connectivity index (χ1v) is 9.44. The summed E-state index contributed by atoms with van der Waals surface area (Å²) < 4.78 is 5.28. The Balaban J connectivity index is 1.57. The van der Waals surface area contributed by atoms with E-state index in [1.54, 1.807) is 20.4 Å². The summed E-state index contributed by atoms with van der Waals surface area (Å²) in [5, 5.41) is 3.99. The van der Waals surface area contributed by atoms with Gasteiger partial charge in [0.05, 0.1) is 13.7 Å². The molecular formula is C20H24ClN5O2. The van der Waals surface area contributed by atoms with Gasteiger partial charge in [0.15, 0.2) is 5.96 Å². The van der Waals surface area contributed by atoms with Crippen LogP contribution >= 0.6 is 11.6 Å². The molecule has 1 aromatic carbocycles. The van der Waals surface area contributed by atoms with Gasteiger partial charge >= 0.3 is 0 Å². The van der Waals surface area contributed by atoms with Crippen molar-refractivity contribution in [2.24, 2.45) is 4.99 Å². The molecule has 1 amide bonds. The monoisotopic (exact) mass is 401 g/mol. The quantitative estimate of drug-likeness (QED) is 0.614. The van der Waals surface area contributed by atoms with Crippen LogP contribution in [0.3, 0.4) is 0 Å². The van der Waals surface area contributed by atoms with Crippen molar-refractivity contribution >= 4 is 23.5 Å². The van der Waals surface area contributed by atoms with Gasteiger partial charge in [-0.15, -0.1) is 0 Å². The van der Waals surface area contributed by atoms with E-state index in [0.29, 0.717) is 43.0 Å². The SMILES string of the molecule is CN=C(NCc1cccnc1OC)N1CCN(Cc2ccc(Cl)cc2)C(=O)C1. The maximum Gasteiger partial charge on any atom is 0.242 e. The molecule has 2 aromatic rings. The highest BCUT2D eigenvalue weighted by atomic mass is 35.5. The Hall–Kier alpha value is -2.80. The topological polar surface area (TPSA) is 70.1 Å². The van der Waals surface area contributed by atoms with Gasteiger partial charge in [0.25, 0.3) is 0 Å². The van der Waals surface area contributed by atoms with Crippen molar-refractivity contribution < 1.29 is 9.53 Å². The van der Waals surface area contributed by atoms with Crippen LogP contribution in [0.2, 0.25) is 5.02 Å². The van der Waals surface area contributed by atoms with Crippen molar-refractivity contribution in [2.75, 3.05) is 33.8 Å². The Morgan fingerprint density at radius 1 is 1.29 bits per heavy atom. The van der Waals surface area contributed by atoms with E-state index in [2.05, 4.69) is 15.3 Å². The summed E-state index contributed by atoms with van der Waals surface area (Å²) in [6.45, 7) is 2.74. The van der Waals surface area contributed by atoms with E-state index in [-0.39, 0.29) is 12.5 Å². The molecule has 0 unspecified atom stereocenters. The highest BCUT2D eigenvalue weighted by molar-refractivity contribution is 6.30. The largest absolute Gasteiger partial charge is 0.481 e. The number of carbonyl (C=O) groups is 1. The van der Waals surface area contributed by atoms with Crippen molar-refractivity contribution in [3.63, 3.8) is 0 Å². The predicted molar refractivity (Wildman–Crippen MR) is 109 cm³/mol. The number of ether oxygens (including phenoxy) is 1. The molecule has 1 aliphatic heterocycles. The molecule has 0 radical (unpaired) electrons. The maximum absolute atomic E-state index is 12.6. The first-order chi connectivity index (χ1) is 13.6. The number of piperazine rings is 1. The lowest BCUT2D eigenvalue weighted by Gasteiger charge is -2.36. The summed E-state index contributed by atoms with van der Waals surface area (Å²) in [5.74, 6) is 1.34. The zero-order valence-corrected chi connectivity index (χ0v) is 16.8. The molecule has 7 nitrogen and oxygen atoms in total. The number of rotatable bonds is 5. The second-order valence-corrected chi connectivity index (χ2v) is 6.87. The second-order valence-electron chi connectivity index (χ2n) is 6.44. The van der Waals surface area contributed by atoms with E-state index in [9.17, 15) is 4.79 Å². The minimum Gasteiger partial charge on any atom is -0.481 e. The fourth-order valence-corrected chi connectivity index (χ4v) is 3.24. The van der Waals surface area contributed by atoms with Crippen molar-refractivity contribution in [1.29, 1.82) is 0 Å². The van der Waals surface area contributed by atoms with Gasteiger partial charge in [-0.1, -0.05) is 29.8 Å². The van der Waals surface area contributed by atoms with Crippen LogP contribution in [-0.2, 0) is 17.9 Å². The smallest absolute Gasteiger partial charge is 0.242 e. The van der Waals surface area contributed by atoms with Crippen molar-refractivity contribution in [2.45, 2.75) is 13.1 Å². The molecule has 28 heavy (non-hydrogen) atoms. The summed E-state index contributed by atoms with van der Waals surface area (Å²) >= 11 is 5.93. The average Bonchev–Trinajstić information content (AvgIpc) is 2.72. The summed E-state index contributed by atoms with van der Waals surface area (Å²) in [6.07, 6.45) is 1.69. The molecule has 0 saturated carbocycles. The van der Waals surface area contributed by atoms with E-state index in [1.165, 1.54) is 0 Å². The molecule has 3 rings (SSSR count). The number of guanidine groups is 1. The number of hydrogen-bond donors (Lipinski definition) is 1. The van der Waals surface area contributed by atoms with Crippen LogP contribution < -0.4 is 10.1 Å². The van der Waals surface area contributed by atoms with Crippen LogP contribution in [0.4, 0.5) is 0 Å². The number of aliphatic imine (C=N–C) groups is 1. The van der Waals surface area contributed by atoms with Gasteiger partial charge in [0.1, 0.15) is 0 Å². The molecule has 0 aliphatic carbocycles. The van der Waals surface area contributed by atoms with Crippen LogP contribution in [0, 0.1) is 0 Å². The molecule has 1 aromatic heterocycles. The number of carbonyl (C=O) groups excluding carboxylic acids is 1. The van der Waals surface area contributed by atoms with Gasteiger partial charge in [0.2, 0.25) is 11.8 Å². The van der Waals surface area contributed by atoms with E-state index in [4.69, 9.17) is 16.3 Å². The highest BCUT2D eigenvalue weighted by Gasteiger charge is 2.26. The number of aromatic nitrogens is 1. The second kappa shape index (κ2) is 9.41. The highest BCUT2D eigenvalue weighted by Crippen LogP contribution is 2.15. The zero-order chi connectivity index (χ0) is 19.9. The molecule has 0 spiro atoms. The van der Waals surface area contributed by atoms with Gasteiger partial charge in [-0.2, -0.15) is 0 Å². The van der Waals surface area contributed by atoms with E-state index in [0.717, 1.165) is 11.1 Å². The molecule has 0 bridgehead atoms.